The Bertz CT molecular complexity index is 356. The quantitative estimate of drug-likeness (QED) is 0.431. The third-order valence-electron chi connectivity index (χ3n) is 1.63. The molecule has 0 aliphatic heterocycles. The molecule has 0 unspecified atom stereocenters. The van der Waals surface area contributed by atoms with Crippen LogP contribution in [0.25, 0.3) is 0 Å². The minimum Gasteiger partial charge on any atom is -0.461 e. The van der Waals surface area contributed by atoms with Gasteiger partial charge in [0.2, 0.25) is 0 Å². The normalized spacial score (nSPS) is 10.3. The first kappa shape index (κ1) is 11.3. The van der Waals surface area contributed by atoms with E-state index in [0.29, 0.717) is 11.5 Å². The van der Waals surface area contributed by atoms with Crippen molar-refractivity contribution in [3.63, 3.8) is 0 Å². The van der Waals surface area contributed by atoms with E-state index in [9.17, 15) is 4.79 Å². The van der Waals surface area contributed by atoms with Crippen molar-refractivity contribution < 1.29 is 14.3 Å². The van der Waals surface area contributed by atoms with Gasteiger partial charge in [-0.15, -0.1) is 0 Å². The Hall–Kier alpha value is -1.77. The molecule has 0 heterocycles. The lowest BCUT2D eigenvalue weighted by atomic mass is 10.3. The molecule has 1 rings (SSSR count). The second kappa shape index (κ2) is 5.86. The Balaban J connectivity index is 2.76. The van der Waals surface area contributed by atoms with Gasteiger partial charge >= 0.3 is 5.97 Å². The third kappa shape index (κ3) is 3.85. The summed E-state index contributed by atoms with van der Waals surface area (Å²) in [5, 5.41) is 0. The zero-order valence-corrected chi connectivity index (χ0v) is 8.90. The van der Waals surface area contributed by atoms with Gasteiger partial charge in [0.25, 0.3) is 0 Å². The molecule has 80 valence electrons. The highest BCUT2D eigenvalue weighted by Crippen LogP contribution is 2.26. The number of esters is 1. The van der Waals surface area contributed by atoms with E-state index in [-0.39, 0.29) is 5.97 Å². The molecule has 3 nitrogen and oxygen atoms in total. The van der Waals surface area contributed by atoms with E-state index in [1.807, 2.05) is 19.1 Å². The molecule has 0 aliphatic carbocycles. The largest absolute Gasteiger partial charge is 0.461 e. The lowest BCUT2D eigenvalue weighted by Gasteiger charge is -2.06. The Morgan fingerprint density at radius 1 is 1.33 bits per heavy atom. The van der Waals surface area contributed by atoms with E-state index in [1.54, 1.807) is 24.5 Å². The molecule has 0 saturated heterocycles. The average molecular weight is 206 g/mol. The van der Waals surface area contributed by atoms with Gasteiger partial charge in [-0.1, -0.05) is 19.1 Å². The average Bonchev–Trinajstić information content (AvgIpc) is 2.20. The van der Waals surface area contributed by atoms with Crippen molar-refractivity contribution in [1.82, 2.24) is 0 Å². The highest BCUT2D eigenvalue weighted by atomic mass is 16.6. The Morgan fingerprint density at radius 3 is 2.60 bits per heavy atom. The molecular formula is C12H14O3. The van der Waals surface area contributed by atoms with E-state index in [1.165, 1.54) is 6.92 Å². The standard InChI is InChI=1S/C12H14O3/c1-3-4-9-14-11-7-5-6-8-12(11)15-10(2)13/h4-9H,3H2,1-2H3. The Morgan fingerprint density at radius 2 is 2.00 bits per heavy atom. The summed E-state index contributed by atoms with van der Waals surface area (Å²) in [4.78, 5) is 10.8. The number of carbonyl (C=O) groups excluding carboxylic acids is 1. The van der Waals surface area contributed by atoms with Gasteiger partial charge in [0.15, 0.2) is 11.5 Å². The van der Waals surface area contributed by atoms with Gasteiger partial charge in [0.05, 0.1) is 6.26 Å². The summed E-state index contributed by atoms with van der Waals surface area (Å²) < 4.78 is 10.3. The van der Waals surface area contributed by atoms with E-state index < -0.39 is 0 Å². The van der Waals surface area contributed by atoms with Crippen LogP contribution in [0.1, 0.15) is 20.3 Å². The van der Waals surface area contributed by atoms with E-state index in [2.05, 4.69) is 0 Å². The molecule has 15 heavy (non-hydrogen) atoms. The molecule has 0 aliphatic rings. The summed E-state index contributed by atoms with van der Waals surface area (Å²) in [7, 11) is 0. The SMILES string of the molecule is CCC=COc1ccccc1OC(C)=O. The van der Waals surface area contributed by atoms with Crippen molar-refractivity contribution in [2.75, 3.05) is 0 Å². The maximum absolute atomic E-state index is 10.8. The van der Waals surface area contributed by atoms with Gasteiger partial charge in [-0.25, -0.2) is 0 Å². The first-order valence-electron chi connectivity index (χ1n) is 4.83. The number of ether oxygens (including phenoxy) is 2. The van der Waals surface area contributed by atoms with Crippen LogP contribution in [0.4, 0.5) is 0 Å². The van der Waals surface area contributed by atoms with Crippen LogP contribution >= 0.6 is 0 Å². The van der Waals surface area contributed by atoms with Crippen molar-refractivity contribution in [3.8, 4) is 11.5 Å². The lowest BCUT2D eigenvalue weighted by molar-refractivity contribution is -0.131. The maximum atomic E-state index is 10.8. The van der Waals surface area contributed by atoms with Gasteiger partial charge in [-0.05, 0) is 24.6 Å². The lowest BCUT2D eigenvalue weighted by Crippen LogP contribution is -2.02. The second-order valence-corrected chi connectivity index (χ2v) is 2.94. The number of benzene rings is 1. The topological polar surface area (TPSA) is 35.5 Å². The van der Waals surface area contributed by atoms with Crippen molar-refractivity contribution in [1.29, 1.82) is 0 Å². The highest BCUT2D eigenvalue weighted by molar-refractivity contribution is 5.70. The van der Waals surface area contributed by atoms with Gasteiger partial charge in [-0.3, -0.25) is 4.79 Å². The molecule has 0 radical (unpaired) electrons. The number of hydrogen-bond donors (Lipinski definition) is 0. The Labute approximate surface area is 89.3 Å². The molecule has 3 heteroatoms. The molecule has 1 aromatic carbocycles. The molecule has 0 amide bonds. The van der Waals surface area contributed by atoms with Crippen LogP contribution < -0.4 is 9.47 Å². The summed E-state index contributed by atoms with van der Waals surface area (Å²) in [6.45, 7) is 3.37. The van der Waals surface area contributed by atoms with Gasteiger partial charge in [0.1, 0.15) is 0 Å². The van der Waals surface area contributed by atoms with E-state index in [0.717, 1.165) is 6.42 Å². The molecule has 0 aromatic heterocycles. The number of carbonyl (C=O) groups is 1. The fourth-order valence-corrected chi connectivity index (χ4v) is 1.00. The number of para-hydroxylation sites is 2. The van der Waals surface area contributed by atoms with Crippen LogP contribution in [0, 0.1) is 0 Å². The van der Waals surface area contributed by atoms with E-state index in [4.69, 9.17) is 9.47 Å². The van der Waals surface area contributed by atoms with E-state index >= 15 is 0 Å². The van der Waals surface area contributed by atoms with Crippen LogP contribution in [0.5, 0.6) is 11.5 Å². The summed E-state index contributed by atoms with van der Waals surface area (Å²) in [5.74, 6) is 0.619. The van der Waals surface area contributed by atoms with Crippen molar-refractivity contribution in [2.45, 2.75) is 20.3 Å². The minimum atomic E-state index is -0.356. The molecule has 0 saturated carbocycles. The molecule has 0 N–H and O–H groups in total. The summed E-state index contributed by atoms with van der Waals surface area (Å²) >= 11 is 0. The summed E-state index contributed by atoms with van der Waals surface area (Å²) in [5.41, 5.74) is 0. The second-order valence-electron chi connectivity index (χ2n) is 2.94. The minimum absolute atomic E-state index is 0.356. The van der Waals surface area contributed by atoms with Crippen molar-refractivity contribution in [2.24, 2.45) is 0 Å². The van der Waals surface area contributed by atoms with Crippen LogP contribution in [0.3, 0.4) is 0 Å². The smallest absolute Gasteiger partial charge is 0.308 e. The number of hydrogen-bond acceptors (Lipinski definition) is 3. The first-order valence-corrected chi connectivity index (χ1v) is 4.83. The fraction of sp³-hybridized carbons (Fsp3) is 0.250. The van der Waals surface area contributed by atoms with Crippen LogP contribution in [0.2, 0.25) is 0 Å². The zero-order chi connectivity index (χ0) is 11.1. The first-order chi connectivity index (χ1) is 7.24. The van der Waals surface area contributed by atoms with Gasteiger partial charge in [0, 0.05) is 6.92 Å². The molecular weight excluding hydrogens is 192 g/mol. The van der Waals surface area contributed by atoms with Crippen LogP contribution in [-0.2, 0) is 4.79 Å². The fourth-order valence-electron chi connectivity index (χ4n) is 1.00. The number of allylic oxidation sites excluding steroid dienone is 1. The Kier molecular flexibility index (Phi) is 4.41. The van der Waals surface area contributed by atoms with Gasteiger partial charge in [-0.2, -0.15) is 0 Å². The van der Waals surface area contributed by atoms with Crippen molar-refractivity contribution >= 4 is 5.97 Å². The predicted octanol–water partition coefficient (Wildman–Crippen LogP) is 2.91. The zero-order valence-electron chi connectivity index (χ0n) is 8.90. The predicted molar refractivity (Wildman–Crippen MR) is 57.8 cm³/mol. The summed E-state index contributed by atoms with van der Waals surface area (Å²) in [6, 6.07) is 7.05. The van der Waals surface area contributed by atoms with Crippen LogP contribution in [0.15, 0.2) is 36.6 Å². The molecule has 0 spiro atoms. The van der Waals surface area contributed by atoms with Crippen LogP contribution in [-0.4, -0.2) is 5.97 Å². The molecule has 1 aromatic rings. The van der Waals surface area contributed by atoms with Gasteiger partial charge < -0.3 is 9.47 Å². The summed E-state index contributed by atoms with van der Waals surface area (Å²) in [6.07, 6.45) is 4.36. The molecule has 0 atom stereocenters. The monoisotopic (exact) mass is 206 g/mol. The maximum Gasteiger partial charge on any atom is 0.308 e. The molecule has 0 fully saturated rings. The highest BCUT2D eigenvalue weighted by Gasteiger charge is 2.04. The number of rotatable bonds is 4. The van der Waals surface area contributed by atoms with Crippen molar-refractivity contribution in [3.05, 3.63) is 36.6 Å². The third-order valence-corrected chi connectivity index (χ3v) is 1.63. The molecule has 0 bridgehead atoms.